The maximum absolute atomic E-state index is 13.4. The second kappa shape index (κ2) is 8.01. The zero-order chi connectivity index (χ0) is 21.3. The highest BCUT2D eigenvalue weighted by molar-refractivity contribution is 6.29. The number of imidazole rings is 1. The fourth-order valence-electron chi connectivity index (χ4n) is 3.37. The van der Waals surface area contributed by atoms with Gasteiger partial charge >= 0.3 is 0 Å². The van der Waals surface area contributed by atoms with E-state index in [1.54, 1.807) is 13.0 Å². The van der Waals surface area contributed by atoms with Crippen LogP contribution >= 0.6 is 11.6 Å². The van der Waals surface area contributed by atoms with E-state index in [2.05, 4.69) is 28.4 Å². The number of benzene rings is 1. The van der Waals surface area contributed by atoms with Gasteiger partial charge in [-0.15, -0.1) is 12.5 Å². The molecular formula is C22H18ClN5O2. The van der Waals surface area contributed by atoms with Crippen molar-refractivity contribution in [1.29, 1.82) is 0 Å². The highest BCUT2D eigenvalue weighted by Gasteiger charge is 2.20. The van der Waals surface area contributed by atoms with Crippen LogP contribution in [0.15, 0.2) is 58.6 Å². The van der Waals surface area contributed by atoms with Gasteiger partial charge in [0.1, 0.15) is 5.52 Å². The minimum atomic E-state index is -0.421. The van der Waals surface area contributed by atoms with Crippen LogP contribution in [0, 0.1) is 11.8 Å². The molecule has 0 aliphatic heterocycles. The van der Waals surface area contributed by atoms with Crippen LogP contribution in [0.1, 0.15) is 12.6 Å². The zero-order valence-electron chi connectivity index (χ0n) is 16.3. The molecule has 0 radical (unpaired) electrons. The second-order valence-electron chi connectivity index (χ2n) is 6.62. The molecule has 3 aromatic heterocycles. The molecule has 7 nitrogen and oxygen atoms in total. The van der Waals surface area contributed by atoms with Crippen molar-refractivity contribution in [3.63, 3.8) is 0 Å². The number of halogens is 1. The molecule has 0 spiro atoms. The molecule has 150 valence electrons. The minimum absolute atomic E-state index is 0.0208. The van der Waals surface area contributed by atoms with Gasteiger partial charge in [-0.05, 0) is 30.7 Å². The van der Waals surface area contributed by atoms with Gasteiger partial charge < -0.3 is 0 Å². The number of allylic oxidation sites excluding steroid dienone is 1. The Bertz CT molecular complexity index is 1470. The Morgan fingerprint density at radius 2 is 1.90 bits per heavy atom. The number of aromatic nitrogens is 5. The van der Waals surface area contributed by atoms with Gasteiger partial charge in [-0.3, -0.25) is 19.1 Å². The number of nitrogens with zero attached hydrogens (tertiary/aromatic N) is 5. The summed E-state index contributed by atoms with van der Waals surface area (Å²) in [6, 6.07) is 11.5. The van der Waals surface area contributed by atoms with Crippen molar-refractivity contribution in [2.24, 2.45) is 0 Å². The minimum Gasteiger partial charge on any atom is -0.298 e. The van der Waals surface area contributed by atoms with Crippen LogP contribution in [0.4, 0.5) is 0 Å². The van der Waals surface area contributed by atoms with E-state index >= 15 is 0 Å². The Morgan fingerprint density at radius 1 is 1.10 bits per heavy atom. The van der Waals surface area contributed by atoms with Crippen LogP contribution in [0.25, 0.3) is 21.9 Å². The number of para-hydroxylation sites is 1. The van der Waals surface area contributed by atoms with E-state index in [0.29, 0.717) is 5.69 Å². The van der Waals surface area contributed by atoms with E-state index < -0.39 is 11.1 Å². The summed E-state index contributed by atoms with van der Waals surface area (Å²) in [6.45, 7) is 5.82. The molecule has 4 rings (SSSR count). The standard InChI is InChI=1S/C22H18ClN5O2/c1-3-5-13-26-19-18(25-22(26)23)20(29)27(12-4-2)28(21(19)30)14-16-11-10-15-8-6-7-9-17(15)24-16/h4,6-11H,2,12-14H2,1H3. The first-order valence-electron chi connectivity index (χ1n) is 9.30. The Morgan fingerprint density at radius 3 is 2.67 bits per heavy atom. The quantitative estimate of drug-likeness (QED) is 0.368. The molecule has 8 heteroatoms. The van der Waals surface area contributed by atoms with Crippen molar-refractivity contribution < 1.29 is 0 Å². The lowest BCUT2D eigenvalue weighted by atomic mass is 10.2. The molecule has 0 saturated heterocycles. The summed E-state index contributed by atoms with van der Waals surface area (Å²) >= 11 is 6.21. The maximum Gasteiger partial charge on any atom is 0.293 e. The molecule has 0 unspecified atom stereocenters. The van der Waals surface area contributed by atoms with Crippen LogP contribution in [-0.4, -0.2) is 23.9 Å². The second-order valence-corrected chi connectivity index (χ2v) is 6.96. The molecule has 0 amide bonds. The first-order chi connectivity index (χ1) is 14.5. The van der Waals surface area contributed by atoms with Crippen LogP contribution in [-0.2, 0) is 19.6 Å². The Labute approximate surface area is 176 Å². The lowest BCUT2D eigenvalue weighted by Gasteiger charge is -2.15. The Kier molecular flexibility index (Phi) is 5.25. The molecule has 0 atom stereocenters. The van der Waals surface area contributed by atoms with Crippen molar-refractivity contribution in [1.82, 2.24) is 23.9 Å². The van der Waals surface area contributed by atoms with Crippen LogP contribution in [0.2, 0.25) is 5.28 Å². The summed E-state index contributed by atoms with van der Waals surface area (Å²) < 4.78 is 4.13. The molecule has 0 aliphatic rings. The molecule has 1 aromatic carbocycles. The first kappa shape index (κ1) is 19.7. The Balaban J connectivity index is 1.96. The Hall–Kier alpha value is -3.63. The number of rotatable bonds is 5. The fourth-order valence-corrected chi connectivity index (χ4v) is 3.60. The number of fused-ring (bicyclic) bond motifs is 2. The van der Waals surface area contributed by atoms with Crippen LogP contribution < -0.4 is 11.1 Å². The van der Waals surface area contributed by atoms with Crippen molar-refractivity contribution >= 4 is 33.5 Å². The summed E-state index contributed by atoms with van der Waals surface area (Å²) in [6.07, 6.45) is 1.55. The number of hydrogen-bond donors (Lipinski definition) is 0. The molecule has 30 heavy (non-hydrogen) atoms. The third-order valence-corrected chi connectivity index (χ3v) is 5.06. The van der Waals surface area contributed by atoms with E-state index in [9.17, 15) is 9.59 Å². The summed E-state index contributed by atoms with van der Waals surface area (Å²) in [4.78, 5) is 35.3. The highest BCUT2D eigenvalue weighted by atomic mass is 35.5. The predicted molar refractivity (Wildman–Crippen MR) is 118 cm³/mol. The first-order valence-corrected chi connectivity index (χ1v) is 9.67. The highest BCUT2D eigenvalue weighted by Crippen LogP contribution is 2.15. The average Bonchev–Trinajstić information content (AvgIpc) is 3.09. The zero-order valence-corrected chi connectivity index (χ0v) is 17.1. The molecule has 0 bridgehead atoms. The molecule has 3 heterocycles. The molecule has 0 fully saturated rings. The van der Waals surface area contributed by atoms with Crippen molar-refractivity contribution in [3.05, 3.63) is 80.7 Å². The molecule has 0 N–H and O–H groups in total. The molecule has 4 aromatic rings. The fraction of sp³-hybridized carbons (Fsp3) is 0.182. The smallest absolute Gasteiger partial charge is 0.293 e. The molecule has 0 aliphatic carbocycles. The van der Waals surface area contributed by atoms with Crippen molar-refractivity contribution in [3.8, 4) is 11.8 Å². The van der Waals surface area contributed by atoms with Gasteiger partial charge in [-0.2, -0.15) is 0 Å². The van der Waals surface area contributed by atoms with Crippen LogP contribution in [0.5, 0.6) is 0 Å². The van der Waals surface area contributed by atoms with Gasteiger partial charge in [0.2, 0.25) is 5.28 Å². The third kappa shape index (κ3) is 3.31. The van der Waals surface area contributed by atoms with Gasteiger partial charge in [0.25, 0.3) is 11.1 Å². The summed E-state index contributed by atoms with van der Waals surface area (Å²) in [5, 5.41) is 1.05. The lowest BCUT2D eigenvalue weighted by molar-refractivity contribution is 0.472. The van der Waals surface area contributed by atoms with Gasteiger partial charge in [0.15, 0.2) is 5.52 Å². The van der Waals surface area contributed by atoms with Gasteiger partial charge in [-0.25, -0.2) is 14.3 Å². The van der Waals surface area contributed by atoms with Crippen molar-refractivity contribution in [2.45, 2.75) is 26.6 Å². The van der Waals surface area contributed by atoms with Crippen LogP contribution in [0.3, 0.4) is 0 Å². The van der Waals surface area contributed by atoms with E-state index in [1.165, 1.54) is 13.9 Å². The normalized spacial score (nSPS) is 10.9. The maximum atomic E-state index is 13.4. The molecule has 0 saturated carbocycles. The summed E-state index contributed by atoms with van der Waals surface area (Å²) in [5.74, 6) is 5.62. The van der Waals surface area contributed by atoms with Gasteiger partial charge in [-0.1, -0.05) is 36.3 Å². The van der Waals surface area contributed by atoms with Gasteiger partial charge in [0, 0.05) is 5.39 Å². The summed E-state index contributed by atoms with van der Waals surface area (Å²) in [7, 11) is 0. The lowest BCUT2D eigenvalue weighted by Crippen LogP contribution is -2.39. The predicted octanol–water partition coefficient (Wildman–Crippen LogP) is 2.82. The topological polar surface area (TPSA) is 74.7 Å². The van der Waals surface area contributed by atoms with E-state index in [0.717, 1.165) is 10.9 Å². The van der Waals surface area contributed by atoms with E-state index in [-0.39, 0.29) is 36.0 Å². The summed E-state index contributed by atoms with van der Waals surface area (Å²) in [5.41, 5.74) is 0.807. The average molecular weight is 420 g/mol. The number of hydrogen-bond acceptors (Lipinski definition) is 4. The SMILES string of the molecule is C=CCn1c(=O)c2nc(Cl)n(CC#CC)c2c(=O)n1Cc1ccc2ccccc2n1. The third-order valence-electron chi connectivity index (χ3n) is 4.77. The van der Waals surface area contributed by atoms with E-state index in [1.807, 2.05) is 36.4 Å². The monoisotopic (exact) mass is 419 g/mol. The van der Waals surface area contributed by atoms with E-state index in [4.69, 9.17) is 11.6 Å². The number of pyridine rings is 1. The van der Waals surface area contributed by atoms with Crippen molar-refractivity contribution in [2.75, 3.05) is 0 Å². The molecular weight excluding hydrogens is 402 g/mol. The largest absolute Gasteiger partial charge is 0.298 e. The van der Waals surface area contributed by atoms with Gasteiger partial charge in [0.05, 0.1) is 30.8 Å².